The molecule has 5 nitrogen and oxygen atoms in total. The second-order valence-electron chi connectivity index (χ2n) is 6.58. The van der Waals surface area contributed by atoms with E-state index in [9.17, 15) is 13.2 Å². The molecule has 0 aliphatic carbocycles. The van der Waals surface area contributed by atoms with Gasteiger partial charge < -0.3 is 10.3 Å². The van der Waals surface area contributed by atoms with Gasteiger partial charge in [0.05, 0.1) is 21.0 Å². The van der Waals surface area contributed by atoms with Crippen molar-refractivity contribution in [1.82, 2.24) is 4.57 Å². The molecule has 0 spiro atoms. The summed E-state index contributed by atoms with van der Waals surface area (Å²) in [5.41, 5.74) is 7.99. The molecule has 28 heavy (non-hydrogen) atoms. The van der Waals surface area contributed by atoms with Crippen molar-refractivity contribution in [2.45, 2.75) is 11.4 Å². The minimum Gasteiger partial charge on any atom is -0.366 e. The second kappa shape index (κ2) is 6.65. The Morgan fingerprint density at radius 2 is 1.89 bits per heavy atom. The minimum absolute atomic E-state index is 0.257. The second-order valence-corrected chi connectivity index (χ2v) is 8.97. The fourth-order valence-corrected chi connectivity index (χ4v) is 4.80. The monoisotopic (exact) mass is 411 g/mol. The molecule has 1 radical (unpaired) electrons. The van der Waals surface area contributed by atoms with Crippen LogP contribution in [0.25, 0.3) is 21.8 Å². The summed E-state index contributed by atoms with van der Waals surface area (Å²) in [5, 5.41) is 1.82. The predicted octanol–water partition coefficient (Wildman–Crippen LogP) is 3.80. The maximum absolute atomic E-state index is 12.2. The van der Waals surface area contributed by atoms with Crippen molar-refractivity contribution in [3.8, 4) is 0 Å². The molecule has 0 aliphatic rings. The molecule has 1 amide bonds. The molecule has 0 aliphatic heterocycles. The highest BCUT2D eigenvalue weighted by molar-refractivity contribution is 7.90. The summed E-state index contributed by atoms with van der Waals surface area (Å²) in [6.07, 6.45) is 1.18. The van der Waals surface area contributed by atoms with Gasteiger partial charge in [0.15, 0.2) is 9.84 Å². The van der Waals surface area contributed by atoms with Crippen molar-refractivity contribution in [3.05, 3.63) is 76.8 Å². The number of halogens is 1. The van der Waals surface area contributed by atoms with E-state index < -0.39 is 15.7 Å². The molecular formula is C21H16ClN2O3S. The highest BCUT2D eigenvalue weighted by atomic mass is 35.5. The third-order valence-corrected chi connectivity index (χ3v) is 6.24. The van der Waals surface area contributed by atoms with Crippen molar-refractivity contribution < 1.29 is 13.2 Å². The van der Waals surface area contributed by atoms with Crippen molar-refractivity contribution in [1.29, 1.82) is 0 Å². The van der Waals surface area contributed by atoms with Crippen molar-refractivity contribution in [2.24, 2.45) is 5.73 Å². The summed E-state index contributed by atoms with van der Waals surface area (Å²) in [6, 6.07) is 18.7. The minimum atomic E-state index is -3.40. The van der Waals surface area contributed by atoms with Gasteiger partial charge in [-0.2, -0.15) is 0 Å². The average molecular weight is 412 g/mol. The number of carbonyl (C=O) groups is 1. The highest BCUT2D eigenvalue weighted by Gasteiger charge is 2.20. The fraction of sp³-hybridized carbons (Fsp3) is 0.0952. The molecule has 0 saturated heterocycles. The zero-order valence-electron chi connectivity index (χ0n) is 14.9. The van der Waals surface area contributed by atoms with E-state index in [1.165, 1.54) is 6.26 Å². The summed E-state index contributed by atoms with van der Waals surface area (Å²) in [5.74, 6) is -0.547. The molecular weight excluding hydrogens is 396 g/mol. The molecule has 3 aromatic carbocycles. The Bertz CT molecular complexity index is 1360. The normalized spacial score (nSPS) is 11.9. The predicted molar refractivity (Wildman–Crippen MR) is 110 cm³/mol. The van der Waals surface area contributed by atoms with Crippen molar-refractivity contribution in [3.63, 3.8) is 0 Å². The first-order chi connectivity index (χ1) is 13.3. The summed E-state index contributed by atoms with van der Waals surface area (Å²) in [4.78, 5) is 12.2. The number of fused-ring (bicyclic) bond motifs is 3. The average Bonchev–Trinajstić information content (AvgIpc) is 2.96. The molecule has 7 heteroatoms. The third kappa shape index (κ3) is 2.95. The maximum Gasteiger partial charge on any atom is 0.249 e. The van der Waals surface area contributed by atoms with Crippen molar-refractivity contribution >= 4 is 49.2 Å². The van der Waals surface area contributed by atoms with Gasteiger partial charge in [-0.05, 0) is 35.9 Å². The number of nitrogens with two attached hydrogens (primary N) is 1. The Balaban J connectivity index is 2.08. The van der Waals surface area contributed by atoms with Crippen LogP contribution in [0, 0.1) is 6.07 Å². The Hall–Kier alpha value is -2.83. The molecule has 0 bridgehead atoms. The largest absolute Gasteiger partial charge is 0.366 e. The summed E-state index contributed by atoms with van der Waals surface area (Å²) in [7, 11) is -3.40. The number of benzene rings is 3. The van der Waals surface area contributed by atoms with E-state index in [1.54, 1.807) is 48.5 Å². The zero-order chi connectivity index (χ0) is 20.1. The lowest BCUT2D eigenvalue weighted by Gasteiger charge is -2.12. The Labute approximate surface area is 167 Å². The number of hydrogen-bond acceptors (Lipinski definition) is 3. The van der Waals surface area contributed by atoms with Gasteiger partial charge in [0.2, 0.25) is 5.91 Å². The van der Waals surface area contributed by atoms with Crippen LogP contribution in [-0.4, -0.2) is 25.1 Å². The van der Waals surface area contributed by atoms with Crippen LogP contribution in [0.4, 0.5) is 0 Å². The van der Waals surface area contributed by atoms with E-state index in [0.29, 0.717) is 32.4 Å². The molecule has 0 atom stereocenters. The Morgan fingerprint density at radius 3 is 2.61 bits per heavy atom. The maximum atomic E-state index is 12.2. The van der Waals surface area contributed by atoms with Crippen LogP contribution in [0.1, 0.15) is 15.9 Å². The quantitative estimate of drug-likeness (QED) is 0.554. The number of sulfone groups is 1. The summed E-state index contributed by atoms with van der Waals surface area (Å²) >= 11 is 6.49. The lowest BCUT2D eigenvalue weighted by Crippen LogP contribution is -2.11. The van der Waals surface area contributed by atoms with Gasteiger partial charge >= 0.3 is 0 Å². The van der Waals surface area contributed by atoms with Gasteiger partial charge in [0.1, 0.15) is 0 Å². The zero-order valence-corrected chi connectivity index (χ0v) is 16.5. The van der Waals surface area contributed by atoms with Gasteiger partial charge in [-0.15, -0.1) is 0 Å². The molecule has 141 valence electrons. The van der Waals surface area contributed by atoms with Crippen LogP contribution in [0.15, 0.2) is 59.5 Å². The highest BCUT2D eigenvalue weighted by Crippen LogP contribution is 2.36. The SMILES string of the molecule is CS(=O)(=O)c1ccccc1Cn1c2cccc(C(N)=O)c2c2[c]ccc(Cl)c21. The number of nitrogens with zero attached hydrogens (tertiary/aromatic N) is 1. The number of primary amides is 1. The fourth-order valence-electron chi connectivity index (χ4n) is 3.60. The first-order valence-electron chi connectivity index (χ1n) is 8.48. The molecule has 1 aromatic heterocycles. The van der Waals surface area contributed by atoms with Crippen LogP contribution in [0.2, 0.25) is 5.02 Å². The van der Waals surface area contributed by atoms with Gasteiger partial charge in [0.25, 0.3) is 0 Å². The van der Waals surface area contributed by atoms with Gasteiger partial charge in [-0.1, -0.05) is 41.9 Å². The number of rotatable bonds is 4. The van der Waals surface area contributed by atoms with Crippen molar-refractivity contribution in [2.75, 3.05) is 6.26 Å². The Morgan fingerprint density at radius 1 is 1.14 bits per heavy atom. The van der Waals surface area contributed by atoms with E-state index in [1.807, 2.05) is 10.6 Å². The van der Waals surface area contributed by atoms with Gasteiger partial charge in [-0.3, -0.25) is 4.79 Å². The number of aromatic nitrogens is 1. The van der Waals surface area contributed by atoms with E-state index in [2.05, 4.69) is 6.07 Å². The molecule has 0 saturated carbocycles. The van der Waals surface area contributed by atoms with Gasteiger partial charge in [-0.25, -0.2) is 8.42 Å². The number of hydrogen-bond donors (Lipinski definition) is 1. The van der Waals surface area contributed by atoms with Crippen LogP contribution in [0.3, 0.4) is 0 Å². The van der Waals surface area contributed by atoms with Gasteiger partial charge in [0, 0.05) is 29.1 Å². The van der Waals surface area contributed by atoms with Crippen LogP contribution >= 0.6 is 11.6 Å². The number of carbonyl (C=O) groups excluding carboxylic acids is 1. The van der Waals surface area contributed by atoms with E-state index in [-0.39, 0.29) is 11.4 Å². The smallest absolute Gasteiger partial charge is 0.249 e. The van der Waals surface area contributed by atoms with E-state index >= 15 is 0 Å². The molecule has 4 rings (SSSR count). The molecule has 2 N–H and O–H groups in total. The standard InChI is InChI=1S/C21H16ClN2O3S/c1-28(26,27)18-11-3-2-6-13(18)12-24-17-10-5-8-15(21(23)25)19(17)14-7-4-9-16(22)20(14)24/h2-6,8-11H,12H2,1H3,(H2,23,25). The lowest BCUT2D eigenvalue weighted by molar-refractivity contribution is 0.100. The summed E-state index contributed by atoms with van der Waals surface area (Å²) < 4.78 is 26.3. The topological polar surface area (TPSA) is 82.2 Å². The van der Waals surface area contributed by atoms with E-state index in [0.717, 1.165) is 5.52 Å². The first-order valence-corrected chi connectivity index (χ1v) is 10.7. The van der Waals surface area contributed by atoms with E-state index in [4.69, 9.17) is 17.3 Å². The van der Waals surface area contributed by atoms with Crippen LogP contribution < -0.4 is 5.73 Å². The first kappa shape index (κ1) is 18.5. The third-order valence-electron chi connectivity index (χ3n) is 4.74. The molecule has 4 aromatic rings. The Kier molecular flexibility index (Phi) is 4.40. The molecule has 1 heterocycles. The number of amides is 1. The lowest BCUT2D eigenvalue weighted by atomic mass is 10.1. The molecule has 0 unspecified atom stereocenters. The molecule has 0 fully saturated rings. The van der Waals surface area contributed by atoms with Crippen LogP contribution in [0.5, 0.6) is 0 Å². The summed E-state index contributed by atoms with van der Waals surface area (Å²) in [6.45, 7) is 0.267. The van der Waals surface area contributed by atoms with Crippen LogP contribution in [-0.2, 0) is 16.4 Å².